The van der Waals surface area contributed by atoms with Gasteiger partial charge in [0.05, 0.1) is 36.3 Å². The lowest BCUT2D eigenvalue weighted by atomic mass is 10.1. The van der Waals surface area contributed by atoms with Gasteiger partial charge in [-0.25, -0.2) is 13.8 Å². The van der Waals surface area contributed by atoms with Gasteiger partial charge in [0, 0.05) is 16.1 Å². The zero-order valence-corrected chi connectivity index (χ0v) is 26.3. The molecule has 11 heteroatoms. The van der Waals surface area contributed by atoms with E-state index < -0.39 is 15.9 Å². The molecule has 1 N–H and O–H groups in total. The third-order valence-corrected chi connectivity index (χ3v) is 8.45. The standard InChI is InChI=1S/C31H29BrClN3O5S/c1-21-8-4-5-9-24(21)19-36(42(3,38)39)26-14-12-23(13-15-26)31(37)35-34-18-22-16-27(32)30(29(17-22)40-2)41-20-25-10-6-7-11-28(25)33/h4-18H,19-20H2,1-3H3,(H,35,37)/b34-18-. The van der Waals surface area contributed by atoms with E-state index in [1.54, 1.807) is 42.5 Å². The second kappa shape index (κ2) is 13.9. The average Bonchev–Trinajstić information content (AvgIpc) is 2.96. The summed E-state index contributed by atoms with van der Waals surface area (Å²) in [6, 6.07) is 24.8. The topological polar surface area (TPSA) is 97.3 Å². The Labute approximate surface area is 259 Å². The SMILES string of the molecule is COc1cc(/C=N\NC(=O)c2ccc(N(Cc3ccccc3C)S(C)(=O)=O)cc2)cc(Br)c1OCc1ccccc1Cl. The number of nitrogens with one attached hydrogen (secondary N) is 1. The van der Waals surface area contributed by atoms with Crippen molar-refractivity contribution >= 4 is 55.4 Å². The molecule has 0 bridgehead atoms. The van der Waals surface area contributed by atoms with Crippen LogP contribution in [0.4, 0.5) is 5.69 Å². The average molecular weight is 671 g/mol. The van der Waals surface area contributed by atoms with Crippen LogP contribution < -0.4 is 19.2 Å². The van der Waals surface area contributed by atoms with E-state index in [4.69, 9.17) is 21.1 Å². The second-order valence-electron chi connectivity index (χ2n) is 9.36. The molecule has 0 saturated carbocycles. The fourth-order valence-electron chi connectivity index (χ4n) is 4.07. The number of anilines is 1. The number of ether oxygens (including phenoxy) is 2. The highest BCUT2D eigenvalue weighted by atomic mass is 79.9. The maximum atomic E-state index is 12.7. The summed E-state index contributed by atoms with van der Waals surface area (Å²) in [6.45, 7) is 2.37. The first kappa shape index (κ1) is 31.1. The Hall–Kier alpha value is -3.86. The lowest BCUT2D eigenvalue weighted by Crippen LogP contribution is -2.29. The summed E-state index contributed by atoms with van der Waals surface area (Å²) in [4.78, 5) is 12.7. The number of hydrogen-bond acceptors (Lipinski definition) is 6. The van der Waals surface area contributed by atoms with Crippen molar-refractivity contribution in [2.45, 2.75) is 20.1 Å². The summed E-state index contributed by atoms with van der Waals surface area (Å²) in [6.07, 6.45) is 2.64. The van der Waals surface area contributed by atoms with Crippen molar-refractivity contribution in [3.8, 4) is 11.5 Å². The first-order chi connectivity index (χ1) is 20.1. The van der Waals surface area contributed by atoms with Crippen LogP contribution in [0.15, 0.2) is 94.5 Å². The molecular weight excluding hydrogens is 642 g/mol. The number of rotatable bonds is 11. The van der Waals surface area contributed by atoms with E-state index in [1.807, 2.05) is 49.4 Å². The smallest absolute Gasteiger partial charge is 0.271 e. The molecule has 0 spiro atoms. The van der Waals surface area contributed by atoms with E-state index in [0.29, 0.717) is 37.8 Å². The van der Waals surface area contributed by atoms with Crippen LogP contribution in [0.25, 0.3) is 0 Å². The van der Waals surface area contributed by atoms with Crippen LogP contribution in [0.1, 0.15) is 32.6 Å². The Kier molecular flexibility index (Phi) is 10.3. The predicted octanol–water partition coefficient (Wildman–Crippen LogP) is 6.73. The Morgan fingerprint density at radius 3 is 2.33 bits per heavy atom. The molecule has 0 aromatic heterocycles. The Bertz CT molecular complexity index is 1710. The molecule has 8 nitrogen and oxygen atoms in total. The number of carbonyl (C=O) groups excluding carboxylic acids is 1. The van der Waals surface area contributed by atoms with Gasteiger partial charge in [0.25, 0.3) is 5.91 Å². The van der Waals surface area contributed by atoms with Gasteiger partial charge in [-0.2, -0.15) is 5.10 Å². The number of hydrazone groups is 1. The van der Waals surface area contributed by atoms with E-state index in [-0.39, 0.29) is 13.2 Å². The minimum atomic E-state index is -3.56. The van der Waals surface area contributed by atoms with Crippen molar-refractivity contribution in [1.29, 1.82) is 0 Å². The zero-order chi connectivity index (χ0) is 30.3. The number of nitrogens with zero attached hydrogens (tertiary/aromatic N) is 2. The number of benzene rings is 4. The van der Waals surface area contributed by atoms with Crippen LogP contribution in [0.2, 0.25) is 5.02 Å². The summed E-state index contributed by atoms with van der Waals surface area (Å²) in [5.74, 6) is 0.526. The van der Waals surface area contributed by atoms with Gasteiger partial charge in [0.15, 0.2) is 11.5 Å². The highest BCUT2D eigenvalue weighted by Crippen LogP contribution is 2.37. The Morgan fingerprint density at radius 1 is 1.02 bits per heavy atom. The normalized spacial score (nSPS) is 11.4. The molecule has 4 aromatic carbocycles. The van der Waals surface area contributed by atoms with Crippen LogP contribution in [0.5, 0.6) is 11.5 Å². The van der Waals surface area contributed by atoms with Crippen LogP contribution in [-0.2, 0) is 23.2 Å². The molecule has 0 fully saturated rings. The number of aryl methyl sites for hydroxylation is 1. The highest BCUT2D eigenvalue weighted by Gasteiger charge is 2.19. The summed E-state index contributed by atoms with van der Waals surface area (Å²) in [5.41, 5.74) is 6.64. The van der Waals surface area contributed by atoms with Gasteiger partial charge in [-0.3, -0.25) is 9.10 Å². The molecule has 218 valence electrons. The van der Waals surface area contributed by atoms with E-state index in [2.05, 4.69) is 26.5 Å². The number of hydrogen-bond donors (Lipinski definition) is 1. The summed E-state index contributed by atoms with van der Waals surface area (Å²) >= 11 is 9.74. The van der Waals surface area contributed by atoms with Crippen LogP contribution in [0.3, 0.4) is 0 Å². The lowest BCUT2D eigenvalue weighted by molar-refractivity contribution is 0.0955. The van der Waals surface area contributed by atoms with Crippen molar-refractivity contribution in [2.24, 2.45) is 5.10 Å². The van der Waals surface area contributed by atoms with Crippen molar-refractivity contribution in [3.05, 3.63) is 122 Å². The molecule has 0 radical (unpaired) electrons. The number of carbonyl (C=O) groups is 1. The van der Waals surface area contributed by atoms with Crippen molar-refractivity contribution in [3.63, 3.8) is 0 Å². The number of methoxy groups -OCH3 is 1. The van der Waals surface area contributed by atoms with Gasteiger partial charge in [0.1, 0.15) is 6.61 Å². The molecule has 0 aliphatic heterocycles. The number of amides is 1. The summed E-state index contributed by atoms with van der Waals surface area (Å²) < 4.78 is 38.5. The van der Waals surface area contributed by atoms with E-state index in [1.165, 1.54) is 17.6 Å². The van der Waals surface area contributed by atoms with Crippen LogP contribution >= 0.6 is 27.5 Å². The lowest BCUT2D eigenvalue weighted by Gasteiger charge is -2.23. The van der Waals surface area contributed by atoms with Gasteiger partial charge in [-0.1, -0.05) is 54.1 Å². The van der Waals surface area contributed by atoms with Gasteiger partial charge < -0.3 is 9.47 Å². The Balaban J connectivity index is 1.42. The molecule has 0 aliphatic rings. The molecule has 0 saturated heterocycles. The van der Waals surface area contributed by atoms with Gasteiger partial charge in [0.2, 0.25) is 10.0 Å². The molecule has 0 heterocycles. The van der Waals surface area contributed by atoms with Gasteiger partial charge in [-0.15, -0.1) is 0 Å². The molecular formula is C31H29BrClN3O5S. The van der Waals surface area contributed by atoms with Crippen molar-refractivity contribution in [1.82, 2.24) is 5.43 Å². The number of sulfonamides is 1. The second-order valence-corrected chi connectivity index (χ2v) is 12.5. The van der Waals surface area contributed by atoms with E-state index in [9.17, 15) is 13.2 Å². The quantitative estimate of drug-likeness (QED) is 0.141. The van der Waals surface area contributed by atoms with Crippen LogP contribution in [0, 0.1) is 6.92 Å². The highest BCUT2D eigenvalue weighted by molar-refractivity contribution is 9.10. The minimum absolute atomic E-state index is 0.185. The monoisotopic (exact) mass is 669 g/mol. The molecule has 42 heavy (non-hydrogen) atoms. The van der Waals surface area contributed by atoms with E-state index in [0.717, 1.165) is 22.9 Å². The first-order valence-corrected chi connectivity index (χ1v) is 15.8. The third-order valence-electron chi connectivity index (χ3n) is 6.35. The predicted molar refractivity (Wildman–Crippen MR) is 170 cm³/mol. The largest absolute Gasteiger partial charge is 0.493 e. The molecule has 0 atom stereocenters. The van der Waals surface area contributed by atoms with Crippen molar-refractivity contribution < 1.29 is 22.7 Å². The number of halogens is 2. The maximum Gasteiger partial charge on any atom is 0.271 e. The molecule has 0 aliphatic carbocycles. The minimum Gasteiger partial charge on any atom is -0.493 e. The summed E-state index contributed by atoms with van der Waals surface area (Å²) in [7, 11) is -2.03. The van der Waals surface area contributed by atoms with Crippen molar-refractivity contribution in [2.75, 3.05) is 17.7 Å². The van der Waals surface area contributed by atoms with Gasteiger partial charge >= 0.3 is 0 Å². The van der Waals surface area contributed by atoms with E-state index >= 15 is 0 Å². The third kappa shape index (κ3) is 7.90. The molecule has 4 rings (SSSR count). The molecule has 4 aromatic rings. The fourth-order valence-corrected chi connectivity index (χ4v) is 5.71. The van der Waals surface area contributed by atoms with Gasteiger partial charge in [-0.05, 0) is 82.0 Å². The zero-order valence-electron chi connectivity index (χ0n) is 23.2. The molecule has 1 amide bonds. The maximum absolute atomic E-state index is 12.7. The Morgan fingerprint density at radius 2 is 1.69 bits per heavy atom. The fraction of sp³-hybridized carbons (Fsp3) is 0.161. The van der Waals surface area contributed by atoms with Crippen LogP contribution in [-0.4, -0.2) is 33.9 Å². The first-order valence-electron chi connectivity index (χ1n) is 12.8. The summed E-state index contributed by atoms with van der Waals surface area (Å²) in [5, 5.41) is 4.67. The molecule has 0 unspecified atom stereocenters.